The van der Waals surface area contributed by atoms with Crippen LogP contribution >= 0.6 is 19.4 Å². The van der Waals surface area contributed by atoms with Crippen molar-refractivity contribution in [2.75, 3.05) is 11.9 Å². The number of phosphoric ester groups is 1. The van der Waals surface area contributed by atoms with E-state index in [0.29, 0.717) is 5.69 Å². The molecule has 1 heterocycles. The summed E-state index contributed by atoms with van der Waals surface area (Å²) in [5, 5.41) is 2.75. The van der Waals surface area contributed by atoms with Crippen molar-refractivity contribution in [3.05, 3.63) is 93.5 Å². The molecule has 1 atom stereocenters. The monoisotopic (exact) mass is 565 g/mol. The second-order valence-electron chi connectivity index (χ2n) is 8.65. The van der Waals surface area contributed by atoms with Crippen LogP contribution < -0.4 is 14.7 Å². The maximum atomic E-state index is 14.5. The molecule has 38 heavy (non-hydrogen) atoms. The maximum absolute atomic E-state index is 14.5. The van der Waals surface area contributed by atoms with Crippen molar-refractivity contribution >= 4 is 37.0 Å². The van der Waals surface area contributed by atoms with E-state index in [2.05, 4.69) is 9.84 Å². The Hall–Kier alpha value is -3.50. The number of benzene rings is 3. The number of amides is 3. The third-order valence-corrected chi connectivity index (χ3v) is 7.00. The molecule has 0 saturated carbocycles. The minimum absolute atomic E-state index is 0.125. The number of phosphoric acid groups is 1. The summed E-state index contributed by atoms with van der Waals surface area (Å²) in [5.74, 6) is -2.35. The van der Waals surface area contributed by atoms with Crippen molar-refractivity contribution in [2.24, 2.45) is 0 Å². The first-order valence-corrected chi connectivity index (χ1v) is 13.2. The van der Waals surface area contributed by atoms with Crippen LogP contribution in [0.25, 0.3) is 0 Å². The van der Waals surface area contributed by atoms with Crippen molar-refractivity contribution in [2.45, 2.75) is 26.1 Å². The van der Waals surface area contributed by atoms with Crippen LogP contribution in [0, 0.1) is 11.6 Å². The van der Waals surface area contributed by atoms with Gasteiger partial charge in [-0.25, -0.2) is 18.1 Å². The van der Waals surface area contributed by atoms with Gasteiger partial charge in [0.1, 0.15) is 17.4 Å². The molecule has 3 aromatic carbocycles. The lowest BCUT2D eigenvalue weighted by Crippen LogP contribution is -2.46. The first-order valence-electron chi connectivity index (χ1n) is 11.3. The number of carbonyl (C=O) groups excluding carboxylic acids is 2. The zero-order valence-electron chi connectivity index (χ0n) is 20.2. The highest BCUT2D eigenvalue weighted by atomic mass is 35.5. The fraction of sp³-hybridized carbons (Fsp3) is 0.200. The second kappa shape index (κ2) is 10.7. The molecule has 0 aromatic heterocycles. The van der Waals surface area contributed by atoms with Gasteiger partial charge < -0.3 is 14.7 Å². The zero-order valence-corrected chi connectivity index (χ0v) is 21.8. The molecule has 13 heteroatoms. The molecular formula is C25H23ClF2N3O6P. The Morgan fingerprint density at radius 2 is 1.89 bits per heavy atom. The van der Waals surface area contributed by atoms with Gasteiger partial charge in [-0.2, -0.15) is 0 Å². The molecule has 4 rings (SSSR count). The second-order valence-corrected chi connectivity index (χ2v) is 10.2. The number of halogens is 3. The summed E-state index contributed by atoms with van der Waals surface area (Å²) in [5.41, 5.74) is 1.55. The van der Waals surface area contributed by atoms with Gasteiger partial charge in [-0.15, -0.1) is 0 Å². The summed E-state index contributed by atoms with van der Waals surface area (Å²) >= 11 is 6.19. The number of anilines is 1. The molecule has 1 aliphatic rings. The highest BCUT2D eigenvalue weighted by molar-refractivity contribution is 7.46. The Labute approximate surface area is 221 Å². The van der Waals surface area contributed by atoms with Crippen molar-refractivity contribution in [3.63, 3.8) is 0 Å². The lowest BCUT2D eigenvalue weighted by molar-refractivity contribution is 0.0950. The van der Waals surface area contributed by atoms with E-state index in [1.54, 1.807) is 19.2 Å². The van der Waals surface area contributed by atoms with E-state index in [0.717, 1.165) is 17.7 Å². The van der Waals surface area contributed by atoms with Gasteiger partial charge in [-0.1, -0.05) is 29.8 Å². The number of hydrogen-bond donors (Lipinski definition) is 3. The smallest absolute Gasteiger partial charge is 0.404 e. The summed E-state index contributed by atoms with van der Waals surface area (Å²) in [6.07, 6.45) is 0. The van der Waals surface area contributed by atoms with Gasteiger partial charge in [0.2, 0.25) is 0 Å². The van der Waals surface area contributed by atoms with Crippen molar-refractivity contribution in [3.8, 4) is 5.75 Å². The highest BCUT2D eigenvalue weighted by Gasteiger charge is 2.34. The molecule has 1 aliphatic heterocycles. The molecular weight excluding hydrogens is 543 g/mol. The summed E-state index contributed by atoms with van der Waals surface area (Å²) in [6.45, 7) is 1.41. The van der Waals surface area contributed by atoms with E-state index < -0.39 is 37.1 Å². The minimum atomic E-state index is -4.97. The third kappa shape index (κ3) is 5.81. The fourth-order valence-corrected chi connectivity index (χ4v) is 4.75. The average Bonchev–Trinajstić information content (AvgIpc) is 2.85. The van der Waals surface area contributed by atoms with Crippen molar-refractivity contribution in [1.29, 1.82) is 0 Å². The van der Waals surface area contributed by atoms with Gasteiger partial charge in [-0.3, -0.25) is 19.5 Å². The van der Waals surface area contributed by atoms with E-state index in [1.807, 2.05) is 6.92 Å². The predicted octanol–water partition coefficient (Wildman–Crippen LogP) is 5.15. The van der Waals surface area contributed by atoms with Crippen LogP contribution in [0.1, 0.15) is 40.0 Å². The quantitative estimate of drug-likeness (QED) is 0.341. The Kier molecular flexibility index (Phi) is 7.75. The lowest BCUT2D eigenvalue weighted by Gasteiger charge is -2.39. The van der Waals surface area contributed by atoms with E-state index in [4.69, 9.17) is 21.4 Å². The molecule has 200 valence electrons. The number of nitrogens with zero attached hydrogens (tertiary/aromatic N) is 2. The highest BCUT2D eigenvalue weighted by Crippen LogP contribution is 2.40. The Morgan fingerprint density at radius 1 is 1.16 bits per heavy atom. The predicted molar refractivity (Wildman–Crippen MR) is 136 cm³/mol. The number of hydrogen-bond acceptors (Lipinski definition) is 4. The number of carbonyl (C=O) groups is 2. The van der Waals surface area contributed by atoms with Gasteiger partial charge in [-0.05, 0) is 42.8 Å². The molecule has 3 amide bonds. The van der Waals surface area contributed by atoms with Crippen LogP contribution in [-0.2, 0) is 17.7 Å². The van der Waals surface area contributed by atoms with Crippen LogP contribution in [0.4, 0.5) is 19.3 Å². The van der Waals surface area contributed by atoms with Crippen LogP contribution in [0.5, 0.6) is 5.75 Å². The Morgan fingerprint density at radius 3 is 2.58 bits per heavy atom. The van der Waals surface area contributed by atoms with Gasteiger partial charge in [0.25, 0.3) is 5.91 Å². The molecule has 9 nitrogen and oxygen atoms in total. The summed E-state index contributed by atoms with van der Waals surface area (Å²) in [6, 6.07) is 11.3. The molecule has 3 aromatic rings. The molecule has 0 spiro atoms. The van der Waals surface area contributed by atoms with Gasteiger partial charge >= 0.3 is 13.9 Å². The summed E-state index contributed by atoms with van der Waals surface area (Å²) < 4.78 is 43.9. The standard InChI is InChI=1S/C25H23ClF2N3O6P/c1-14-18-9-7-15(24(32)29-12-16-6-8-17(27)11-23(16)37-38(34,35)36)10-22(18)31(25(33)30(14)2)13-19-20(26)4-3-5-21(19)28/h3-11,14H,12-13H2,1-2H3,(H,29,32)(H2,34,35,36)/t14-/m0/s1. The molecule has 0 bridgehead atoms. The molecule has 0 fully saturated rings. The maximum Gasteiger partial charge on any atom is 0.524 e. The van der Waals surface area contributed by atoms with E-state index in [1.165, 1.54) is 40.1 Å². The Balaban J connectivity index is 1.62. The van der Waals surface area contributed by atoms with Gasteiger partial charge in [0, 0.05) is 41.4 Å². The number of rotatable bonds is 7. The first kappa shape index (κ1) is 27.5. The normalized spacial score (nSPS) is 15.3. The molecule has 0 radical (unpaired) electrons. The van der Waals surface area contributed by atoms with Crippen LogP contribution in [0.15, 0.2) is 54.6 Å². The van der Waals surface area contributed by atoms with E-state index in [9.17, 15) is 22.9 Å². The van der Waals surface area contributed by atoms with Gasteiger partial charge in [0.15, 0.2) is 0 Å². The topological polar surface area (TPSA) is 119 Å². The number of urea groups is 1. The van der Waals surface area contributed by atoms with Crippen LogP contribution in [0.2, 0.25) is 5.02 Å². The summed E-state index contributed by atoms with van der Waals surface area (Å²) in [7, 11) is -3.35. The Bertz CT molecular complexity index is 1450. The molecule has 3 N–H and O–H groups in total. The SMILES string of the molecule is C[C@H]1c2ccc(C(=O)NCc3ccc(F)cc3OP(=O)(O)O)cc2N(Cc2c(F)cccc2Cl)C(=O)N1C. The van der Waals surface area contributed by atoms with Crippen molar-refractivity contribution in [1.82, 2.24) is 10.2 Å². The zero-order chi connectivity index (χ0) is 27.8. The van der Waals surface area contributed by atoms with Gasteiger partial charge in [0.05, 0.1) is 18.3 Å². The van der Waals surface area contributed by atoms with Crippen molar-refractivity contribution < 1.29 is 37.2 Å². The first-order chi connectivity index (χ1) is 17.9. The lowest BCUT2D eigenvalue weighted by atomic mass is 9.98. The molecule has 0 saturated heterocycles. The number of nitrogens with one attached hydrogen (secondary N) is 1. The minimum Gasteiger partial charge on any atom is -0.404 e. The largest absolute Gasteiger partial charge is 0.524 e. The fourth-order valence-electron chi connectivity index (χ4n) is 4.10. The van der Waals surface area contributed by atoms with E-state index >= 15 is 0 Å². The molecule has 0 unspecified atom stereocenters. The third-order valence-electron chi connectivity index (χ3n) is 6.21. The van der Waals surface area contributed by atoms with Crippen LogP contribution in [-0.4, -0.2) is 33.7 Å². The van der Waals surface area contributed by atoms with Crippen LogP contribution in [0.3, 0.4) is 0 Å². The molecule has 0 aliphatic carbocycles. The summed E-state index contributed by atoms with van der Waals surface area (Å²) in [4.78, 5) is 47.2. The number of fused-ring (bicyclic) bond motifs is 1. The van der Waals surface area contributed by atoms with E-state index in [-0.39, 0.29) is 40.8 Å². The average molecular weight is 566 g/mol.